The average molecular weight is 265 g/mol. The van der Waals surface area contributed by atoms with Crippen LogP contribution in [-0.4, -0.2) is 22.5 Å². The molecule has 1 saturated heterocycles. The number of oxazole rings is 1. The number of aromatic nitrogens is 1. The average Bonchev–Trinajstić information content (AvgIpc) is 2.70. The maximum atomic E-state index is 11.1. The second-order valence-corrected chi connectivity index (χ2v) is 5.71. The van der Waals surface area contributed by atoms with Crippen LogP contribution in [0.5, 0.6) is 0 Å². The van der Waals surface area contributed by atoms with Gasteiger partial charge in [-0.2, -0.15) is 11.8 Å². The molecule has 1 aliphatic heterocycles. The van der Waals surface area contributed by atoms with E-state index in [0.29, 0.717) is 22.8 Å². The third-order valence-electron chi connectivity index (χ3n) is 3.17. The molecule has 1 aromatic heterocycles. The van der Waals surface area contributed by atoms with Crippen LogP contribution in [-0.2, 0) is 0 Å². The zero-order valence-electron chi connectivity index (χ0n) is 9.86. The number of thioether (sulfide) groups is 1. The van der Waals surface area contributed by atoms with E-state index in [2.05, 4.69) is 10.3 Å². The predicted octanol–water partition coefficient (Wildman–Crippen LogP) is 2.01. The zero-order valence-corrected chi connectivity index (χ0v) is 10.7. The van der Waals surface area contributed by atoms with Gasteiger partial charge in [-0.25, -0.2) is 4.79 Å². The monoisotopic (exact) mass is 265 g/mol. The van der Waals surface area contributed by atoms with Gasteiger partial charge < -0.3 is 15.5 Å². The van der Waals surface area contributed by atoms with Gasteiger partial charge in [-0.15, -0.1) is 0 Å². The van der Waals surface area contributed by atoms with E-state index < -0.39 is 5.76 Å². The number of hydrogen-bond donors (Lipinski definition) is 3. The summed E-state index contributed by atoms with van der Waals surface area (Å²) in [6.07, 6.45) is 2.29. The van der Waals surface area contributed by atoms with Crippen LogP contribution in [0.2, 0.25) is 0 Å². The predicted molar refractivity (Wildman–Crippen MR) is 75.2 cm³/mol. The van der Waals surface area contributed by atoms with E-state index >= 15 is 0 Å². The van der Waals surface area contributed by atoms with Crippen molar-refractivity contribution >= 4 is 34.2 Å². The van der Waals surface area contributed by atoms with Gasteiger partial charge in [0.05, 0.1) is 16.9 Å². The molecule has 0 spiro atoms. The Kier molecular flexibility index (Phi) is 2.95. The summed E-state index contributed by atoms with van der Waals surface area (Å²) in [6.45, 7) is 0. The van der Waals surface area contributed by atoms with Crippen LogP contribution < -0.4 is 16.8 Å². The molecule has 96 valence electrons. The van der Waals surface area contributed by atoms with Gasteiger partial charge in [-0.1, -0.05) is 0 Å². The molecular formula is C12H15N3O2S. The highest BCUT2D eigenvalue weighted by Crippen LogP contribution is 2.27. The number of nitrogens with two attached hydrogens (primary N) is 1. The fourth-order valence-electron chi connectivity index (χ4n) is 2.20. The molecular weight excluding hydrogens is 250 g/mol. The number of nitrogens with one attached hydrogen (secondary N) is 2. The van der Waals surface area contributed by atoms with Crippen molar-refractivity contribution in [3.05, 3.63) is 22.7 Å². The van der Waals surface area contributed by atoms with Crippen molar-refractivity contribution in [2.24, 2.45) is 0 Å². The number of H-pyrrole nitrogens is 1. The molecule has 3 rings (SSSR count). The molecule has 18 heavy (non-hydrogen) atoms. The lowest BCUT2D eigenvalue weighted by atomic mass is 10.1. The van der Waals surface area contributed by atoms with Gasteiger partial charge in [0.2, 0.25) is 0 Å². The summed E-state index contributed by atoms with van der Waals surface area (Å²) >= 11 is 1.99. The Morgan fingerprint density at radius 3 is 2.94 bits per heavy atom. The van der Waals surface area contributed by atoms with Gasteiger partial charge >= 0.3 is 5.76 Å². The quantitative estimate of drug-likeness (QED) is 0.723. The highest BCUT2D eigenvalue weighted by atomic mass is 32.2. The topological polar surface area (TPSA) is 84.0 Å². The molecule has 0 amide bonds. The SMILES string of the molecule is Nc1cc2oc(=O)[nH]c2cc1NC1CCSCC1. The summed E-state index contributed by atoms with van der Waals surface area (Å²) < 4.78 is 4.97. The van der Waals surface area contributed by atoms with Crippen LogP contribution >= 0.6 is 11.8 Å². The second-order valence-electron chi connectivity index (χ2n) is 4.48. The fourth-order valence-corrected chi connectivity index (χ4v) is 3.31. The van der Waals surface area contributed by atoms with E-state index in [9.17, 15) is 4.79 Å². The zero-order chi connectivity index (χ0) is 12.5. The highest BCUT2D eigenvalue weighted by molar-refractivity contribution is 7.99. The van der Waals surface area contributed by atoms with E-state index in [1.54, 1.807) is 6.07 Å². The molecule has 0 bridgehead atoms. The summed E-state index contributed by atoms with van der Waals surface area (Å²) in [5.74, 6) is 1.92. The van der Waals surface area contributed by atoms with Crippen LogP contribution in [0.25, 0.3) is 11.1 Å². The van der Waals surface area contributed by atoms with Crippen LogP contribution in [0.15, 0.2) is 21.3 Å². The Morgan fingerprint density at radius 1 is 1.39 bits per heavy atom. The van der Waals surface area contributed by atoms with E-state index in [1.165, 1.54) is 11.5 Å². The maximum Gasteiger partial charge on any atom is 0.417 e. The normalized spacial score (nSPS) is 17.1. The second kappa shape index (κ2) is 4.61. The smallest absolute Gasteiger partial charge is 0.408 e. The molecule has 0 aliphatic carbocycles. The summed E-state index contributed by atoms with van der Waals surface area (Å²) in [6, 6.07) is 3.99. The Morgan fingerprint density at radius 2 is 2.17 bits per heavy atom. The molecule has 1 aliphatic rings. The standard InChI is InChI=1S/C12H15N3O2S/c13-8-5-11-10(15-12(16)17-11)6-9(8)14-7-1-3-18-4-2-7/h5-7,14H,1-4,13H2,(H,15,16). The summed E-state index contributed by atoms with van der Waals surface area (Å²) in [4.78, 5) is 13.8. The molecule has 4 N–H and O–H groups in total. The lowest BCUT2D eigenvalue weighted by Gasteiger charge is -2.24. The Balaban J connectivity index is 1.90. The van der Waals surface area contributed by atoms with Crippen LogP contribution in [0.1, 0.15) is 12.8 Å². The summed E-state index contributed by atoms with van der Waals surface area (Å²) in [5, 5.41) is 3.45. The molecule has 2 heterocycles. The van der Waals surface area contributed by atoms with Gasteiger partial charge in [0.25, 0.3) is 0 Å². The highest BCUT2D eigenvalue weighted by Gasteiger charge is 2.15. The fraction of sp³-hybridized carbons (Fsp3) is 0.417. The largest absolute Gasteiger partial charge is 0.417 e. The molecule has 0 saturated carbocycles. The first-order valence-electron chi connectivity index (χ1n) is 5.99. The third-order valence-corrected chi connectivity index (χ3v) is 4.22. The number of hydrogen-bond acceptors (Lipinski definition) is 5. The van der Waals surface area contributed by atoms with Gasteiger partial charge in [0, 0.05) is 12.1 Å². The Hall–Kier alpha value is -1.56. The molecule has 0 atom stereocenters. The Bertz CT molecular complexity index is 613. The van der Waals surface area contributed by atoms with E-state index in [-0.39, 0.29) is 0 Å². The van der Waals surface area contributed by atoms with Crippen molar-refractivity contribution in [3.8, 4) is 0 Å². The van der Waals surface area contributed by atoms with Crippen molar-refractivity contribution in [1.82, 2.24) is 4.98 Å². The first kappa shape index (κ1) is 11.5. The number of rotatable bonds is 2. The van der Waals surface area contributed by atoms with E-state index in [1.807, 2.05) is 17.8 Å². The number of nitrogen functional groups attached to an aromatic ring is 1. The molecule has 0 unspecified atom stereocenters. The molecule has 6 heteroatoms. The van der Waals surface area contributed by atoms with Crippen molar-refractivity contribution < 1.29 is 4.42 Å². The van der Waals surface area contributed by atoms with Gasteiger partial charge in [0.1, 0.15) is 0 Å². The van der Waals surface area contributed by atoms with Crippen molar-refractivity contribution in [2.45, 2.75) is 18.9 Å². The lowest BCUT2D eigenvalue weighted by molar-refractivity contribution is 0.555. The van der Waals surface area contributed by atoms with E-state index in [4.69, 9.17) is 10.2 Å². The molecule has 1 fully saturated rings. The number of anilines is 2. The first-order valence-corrected chi connectivity index (χ1v) is 7.14. The van der Waals surface area contributed by atoms with Gasteiger partial charge in [-0.3, -0.25) is 4.98 Å². The number of aromatic amines is 1. The van der Waals surface area contributed by atoms with Crippen molar-refractivity contribution in [1.29, 1.82) is 0 Å². The lowest BCUT2D eigenvalue weighted by Crippen LogP contribution is -2.24. The van der Waals surface area contributed by atoms with Crippen LogP contribution in [0.3, 0.4) is 0 Å². The van der Waals surface area contributed by atoms with Crippen molar-refractivity contribution in [2.75, 3.05) is 22.6 Å². The van der Waals surface area contributed by atoms with Crippen LogP contribution in [0, 0.1) is 0 Å². The Labute approximate surface area is 108 Å². The molecule has 2 aromatic rings. The number of fused-ring (bicyclic) bond motifs is 1. The summed E-state index contributed by atoms with van der Waals surface area (Å²) in [7, 11) is 0. The van der Waals surface area contributed by atoms with Crippen molar-refractivity contribution in [3.63, 3.8) is 0 Å². The van der Waals surface area contributed by atoms with Crippen LogP contribution in [0.4, 0.5) is 11.4 Å². The maximum absolute atomic E-state index is 11.1. The molecule has 0 radical (unpaired) electrons. The van der Waals surface area contributed by atoms with E-state index in [0.717, 1.165) is 18.5 Å². The molecule has 5 nitrogen and oxygen atoms in total. The molecule has 1 aromatic carbocycles. The number of benzene rings is 1. The van der Waals surface area contributed by atoms with Gasteiger partial charge in [-0.05, 0) is 30.4 Å². The summed E-state index contributed by atoms with van der Waals surface area (Å²) in [5.41, 5.74) is 8.64. The minimum absolute atomic E-state index is 0.449. The third kappa shape index (κ3) is 2.20. The minimum Gasteiger partial charge on any atom is -0.408 e. The minimum atomic E-state index is -0.449. The first-order chi connectivity index (χ1) is 8.72. The van der Waals surface area contributed by atoms with Gasteiger partial charge in [0.15, 0.2) is 5.58 Å².